The predicted molar refractivity (Wildman–Crippen MR) is 113 cm³/mol. The van der Waals surface area contributed by atoms with E-state index >= 15 is 0 Å². The minimum atomic E-state index is -0.0651. The first-order chi connectivity index (χ1) is 13.2. The molecule has 0 unspecified atom stereocenters. The summed E-state index contributed by atoms with van der Waals surface area (Å²) in [5.41, 5.74) is 4.40. The van der Waals surface area contributed by atoms with Gasteiger partial charge in [-0.3, -0.25) is 4.79 Å². The van der Waals surface area contributed by atoms with E-state index in [1.54, 1.807) is 0 Å². The van der Waals surface area contributed by atoms with E-state index in [1.165, 1.54) is 28.7 Å². The van der Waals surface area contributed by atoms with Gasteiger partial charge in [0.2, 0.25) is 5.91 Å². The average molecular weight is 354 g/mol. The van der Waals surface area contributed by atoms with Gasteiger partial charge in [-0.05, 0) is 29.8 Å². The number of fused-ring (bicyclic) bond motifs is 3. The number of aromatic nitrogens is 1. The van der Waals surface area contributed by atoms with Crippen molar-refractivity contribution in [2.75, 3.05) is 5.32 Å². The molecule has 3 nitrogen and oxygen atoms in total. The second-order valence-corrected chi connectivity index (χ2v) is 6.79. The highest BCUT2D eigenvalue weighted by molar-refractivity contribution is 6.07. The lowest BCUT2D eigenvalue weighted by Crippen LogP contribution is -2.09. The average Bonchev–Trinajstić information content (AvgIpc) is 3.00. The molecule has 1 atom stereocenters. The molecule has 0 radical (unpaired) electrons. The topological polar surface area (TPSA) is 34.0 Å². The van der Waals surface area contributed by atoms with Crippen molar-refractivity contribution in [2.45, 2.75) is 19.4 Å². The fraction of sp³-hybridized carbons (Fsp3) is 0.125. The summed E-state index contributed by atoms with van der Waals surface area (Å²) in [5, 5.41) is 5.40. The number of nitrogens with zero attached hydrogens (tertiary/aromatic N) is 1. The Morgan fingerprint density at radius 3 is 2.22 bits per heavy atom. The Hall–Kier alpha value is -3.33. The molecule has 0 fully saturated rings. The third kappa shape index (κ3) is 3.24. The molecule has 27 heavy (non-hydrogen) atoms. The highest BCUT2D eigenvalue weighted by Crippen LogP contribution is 2.31. The minimum absolute atomic E-state index is 0.0651. The number of amides is 1. The minimum Gasteiger partial charge on any atom is -0.340 e. The Labute approximate surface area is 158 Å². The predicted octanol–water partition coefficient (Wildman–Crippen LogP) is 5.72. The van der Waals surface area contributed by atoms with Gasteiger partial charge in [0.15, 0.2) is 0 Å². The first-order valence-corrected chi connectivity index (χ1v) is 9.13. The molecule has 0 saturated carbocycles. The van der Waals surface area contributed by atoms with Crippen LogP contribution in [0.3, 0.4) is 0 Å². The van der Waals surface area contributed by atoms with Gasteiger partial charge >= 0.3 is 0 Å². The lowest BCUT2D eigenvalue weighted by atomic mass is 9.98. The summed E-state index contributed by atoms with van der Waals surface area (Å²) in [4.78, 5) is 11.4. The van der Waals surface area contributed by atoms with Gasteiger partial charge in [-0.1, -0.05) is 54.6 Å². The van der Waals surface area contributed by atoms with E-state index < -0.39 is 0 Å². The van der Waals surface area contributed by atoms with Gasteiger partial charge in [0.25, 0.3) is 0 Å². The summed E-state index contributed by atoms with van der Waals surface area (Å²) in [6, 6.07) is 25.0. The van der Waals surface area contributed by atoms with Crippen molar-refractivity contribution in [3.05, 3.63) is 91.0 Å². The number of rotatable bonds is 5. The maximum absolute atomic E-state index is 11.4. The van der Waals surface area contributed by atoms with E-state index in [4.69, 9.17) is 0 Å². The molecule has 0 aliphatic heterocycles. The number of carbonyl (C=O) groups excluding carboxylic acids is 1. The van der Waals surface area contributed by atoms with E-state index in [9.17, 15) is 4.79 Å². The lowest BCUT2D eigenvalue weighted by Gasteiger charge is -2.17. The van der Waals surface area contributed by atoms with E-state index in [1.807, 2.05) is 24.3 Å². The Kier molecular flexibility index (Phi) is 4.51. The van der Waals surface area contributed by atoms with Gasteiger partial charge in [-0.15, -0.1) is 6.58 Å². The maximum Gasteiger partial charge on any atom is 0.221 e. The second kappa shape index (κ2) is 7.12. The molecule has 0 bridgehead atoms. The molecular formula is C24H22N2O. The van der Waals surface area contributed by atoms with Crippen LogP contribution in [0, 0.1) is 0 Å². The molecule has 4 aromatic rings. The zero-order chi connectivity index (χ0) is 18.8. The summed E-state index contributed by atoms with van der Waals surface area (Å²) in [5.74, 6) is 0.0719. The normalized spacial score (nSPS) is 12.2. The van der Waals surface area contributed by atoms with E-state index in [2.05, 4.69) is 71.1 Å². The van der Waals surface area contributed by atoms with E-state index in [-0.39, 0.29) is 11.8 Å². The van der Waals surface area contributed by atoms with Gasteiger partial charge in [0, 0.05) is 46.9 Å². The van der Waals surface area contributed by atoms with Crippen LogP contribution in [-0.4, -0.2) is 10.5 Å². The van der Waals surface area contributed by atoms with Crippen LogP contribution < -0.4 is 5.32 Å². The van der Waals surface area contributed by atoms with Crippen molar-refractivity contribution in [3.8, 4) is 0 Å². The van der Waals surface area contributed by atoms with Crippen molar-refractivity contribution in [2.24, 2.45) is 0 Å². The standard InChI is InChI=1S/C24H22N2O/c1-3-18(19-9-8-10-20(15-19)25-17(2)27)16-26-23-13-6-4-11-21(23)22-12-5-7-14-24(22)26/h3-15,18H,1,16H2,2H3,(H,25,27)/t18-/m1/s1. The Morgan fingerprint density at radius 1 is 1.00 bits per heavy atom. The zero-order valence-electron chi connectivity index (χ0n) is 15.4. The molecular weight excluding hydrogens is 332 g/mol. The summed E-state index contributed by atoms with van der Waals surface area (Å²) >= 11 is 0. The van der Waals surface area contributed by atoms with Crippen molar-refractivity contribution in [1.82, 2.24) is 4.57 Å². The molecule has 4 rings (SSSR count). The van der Waals surface area contributed by atoms with Gasteiger partial charge in [0.05, 0.1) is 0 Å². The summed E-state index contributed by atoms with van der Waals surface area (Å²) < 4.78 is 2.36. The summed E-state index contributed by atoms with van der Waals surface area (Å²) in [6.07, 6.45) is 1.98. The van der Waals surface area contributed by atoms with Crippen molar-refractivity contribution in [3.63, 3.8) is 0 Å². The van der Waals surface area contributed by atoms with Gasteiger partial charge in [-0.25, -0.2) is 0 Å². The number of hydrogen-bond donors (Lipinski definition) is 1. The summed E-state index contributed by atoms with van der Waals surface area (Å²) in [7, 11) is 0. The van der Waals surface area contributed by atoms with Crippen LogP contribution >= 0.6 is 0 Å². The number of hydrogen-bond acceptors (Lipinski definition) is 1. The van der Waals surface area contributed by atoms with E-state index in [0.717, 1.165) is 17.8 Å². The molecule has 134 valence electrons. The number of nitrogens with one attached hydrogen (secondary N) is 1. The first-order valence-electron chi connectivity index (χ1n) is 9.13. The Morgan fingerprint density at radius 2 is 1.63 bits per heavy atom. The van der Waals surface area contributed by atoms with Crippen LogP contribution in [0.5, 0.6) is 0 Å². The number of para-hydroxylation sites is 2. The Balaban J connectivity index is 1.78. The smallest absolute Gasteiger partial charge is 0.221 e. The van der Waals surface area contributed by atoms with Gasteiger partial charge < -0.3 is 9.88 Å². The number of benzene rings is 3. The van der Waals surface area contributed by atoms with Gasteiger partial charge in [0.1, 0.15) is 0 Å². The molecule has 1 N–H and O–H groups in total. The van der Waals surface area contributed by atoms with Crippen molar-refractivity contribution < 1.29 is 4.79 Å². The number of allylic oxidation sites excluding steroid dienone is 1. The molecule has 0 aliphatic rings. The van der Waals surface area contributed by atoms with Crippen LogP contribution in [0.2, 0.25) is 0 Å². The van der Waals surface area contributed by atoms with Crippen LogP contribution in [0.25, 0.3) is 21.8 Å². The first kappa shape index (κ1) is 17.1. The second-order valence-electron chi connectivity index (χ2n) is 6.79. The molecule has 0 aliphatic carbocycles. The van der Waals surface area contributed by atoms with Crippen LogP contribution in [0.15, 0.2) is 85.5 Å². The third-order valence-electron chi connectivity index (χ3n) is 4.98. The fourth-order valence-corrected chi connectivity index (χ4v) is 3.76. The largest absolute Gasteiger partial charge is 0.340 e. The quantitative estimate of drug-likeness (QED) is 0.457. The van der Waals surface area contributed by atoms with E-state index in [0.29, 0.717) is 0 Å². The number of carbonyl (C=O) groups is 1. The lowest BCUT2D eigenvalue weighted by molar-refractivity contribution is -0.114. The molecule has 0 spiro atoms. The molecule has 3 heteroatoms. The highest BCUT2D eigenvalue weighted by Gasteiger charge is 2.15. The summed E-state index contributed by atoms with van der Waals surface area (Å²) in [6.45, 7) is 6.38. The number of anilines is 1. The SMILES string of the molecule is C=C[C@H](Cn1c2ccccc2c2ccccc21)c1cccc(NC(C)=O)c1. The van der Waals surface area contributed by atoms with Crippen LogP contribution in [0.1, 0.15) is 18.4 Å². The van der Waals surface area contributed by atoms with Crippen molar-refractivity contribution >= 4 is 33.4 Å². The Bertz CT molecular complexity index is 1090. The fourth-order valence-electron chi connectivity index (χ4n) is 3.76. The molecule has 3 aromatic carbocycles. The van der Waals surface area contributed by atoms with Crippen LogP contribution in [-0.2, 0) is 11.3 Å². The molecule has 0 saturated heterocycles. The highest BCUT2D eigenvalue weighted by atomic mass is 16.1. The monoisotopic (exact) mass is 354 g/mol. The molecule has 1 heterocycles. The molecule has 1 aromatic heterocycles. The maximum atomic E-state index is 11.4. The third-order valence-corrected chi connectivity index (χ3v) is 4.98. The van der Waals surface area contributed by atoms with Crippen molar-refractivity contribution in [1.29, 1.82) is 0 Å². The zero-order valence-corrected chi connectivity index (χ0v) is 15.4. The van der Waals surface area contributed by atoms with Crippen LogP contribution in [0.4, 0.5) is 5.69 Å². The van der Waals surface area contributed by atoms with Gasteiger partial charge in [-0.2, -0.15) is 0 Å². The molecule has 1 amide bonds.